The van der Waals surface area contributed by atoms with E-state index >= 15 is 0 Å². The fourth-order valence-corrected chi connectivity index (χ4v) is 2.74. The Bertz CT molecular complexity index is 533. The second kappa shape index (κ2) is 8.83. The number of hydrogen-bond acceptors (Lipinski definition) is 1. The van der Waals surface area contributed by atoms with Gasteiger partial charge in [-0.3, -0.25) is 0 Å². The second-order valence-corrected chi connectivity index (χ2v) is 5.67. The first-order valence-electron chi connectivity index (χ1n) is 8.41. The molecule has 0 aliphatic rings. The molecule has 0 N–H and O–H groups in total. The Kier molecular flexibility index (Phi) is 6.74. The predicted octanol–water partition coefficient (Wildman–Crippen LogP) is 4.28. The van der Waals surface area contributed by atoms with E-state index in [-0.39, 0.29) is 0 Å². The minimum atomic E-state index is 0.655. The van der Waals surface area contributed by atoms with Crippen LogP contribution >= 0.6 is 0 Å². The lowest BCUT2D eigenvalue weighted by molar-refractivity contribution is -0.710. The number of unbranched alkanes of at least 4 members (excludes halogenated alkanes) is 5. The standard InChI is InChI=1S/C18H29N2O/c1-3-5-6-7-8-11-14-21-16-20-15-19(4-2)17-12-9-10-13-18(17)20/h9-10,12-13,15H,3-8,11,14,16H2,1-2H3/q+1. The summed E-state index contributed by atoms with van der Waals surface area (Å²) in [4.78, 5) is 0. The summed E-state index contributed by atoms with van der Waals surface area (Å²) < 4.78 is 10.3. The zero-order valence-electron chi connectivity index (χ0n) is 13.6. The molecule has 0 aliphatic carbocycles. The molecule has 1 heterocycles. The van der Waals surface area contributed by atoms with E-state index in [0.717, 1.165) is 13.2 Å². The monoisotopic (exact) mass is 289 g/mol. The van der Waals surface area contributed by atoms with Crippen LogP contribution in [0.1, 0.15) is 52.4 Å². The van der Waals surface area contributed by atoms with Crippen LogP contribution in [-0.4, -0.2) is 11.2 Å². The molecule has 3 heteroatoms. The number of imidazole rings is 1. The Morgan fingerprint density at radius 1 is 1.00 bits per heavy atom. The zero-order chi connectivity index (χ0) is 14.9. The lowest BCUT2D eigenvalue weighted by Gasteiger charge is -2.02. The number of aromatic nitrogens is 2. The SMILES string of the molecule is CCCCCCCCOC[n+]1cn(CC)c2ccccc21. The van der Waals surface area contributed by atoms with Gasteiger partial charge in [-0.05, 0) is 25.5 Å². The van der Waals surface area contributed by atoms with Crippen molar-refractivity contribution in [3.8, 4) is 0 Å². The summed E-state index contributed by atoms with van der Waals surface area (Å²) in [5.41, 5.74) is 2.53. The number of rotatable bonds is 10. The summed E-state index contributed by atoms with van der Waals surface area (Å²) in [6, 6.07) is 8.52. The highest BCUT2D eigenvalue weighted by atomic mass is 16.5. The molecule has 2 rings (SSSR count). The van der Waals surface area contributed by atoms with Gasteiger partial charge in [0.05, 0.1) is 13.2 Å². The van der Waals surface area contributed by atoms with Gasteiger partial charge in [0.15, 0.2) is 17.8 Å². The Morgan fingerprint density at radius 2 is 1.76 bits per heavy atom. The fraction of sp³-hybridized carbons (Fsp3) is 0.611. The van der Waals surface area contributed by atoms with Crippen LogP contribution < -0.4 is 4.57 Å². The highest BCUT2D eigenvalue weighted by molar-refractivity contribution is 5.71. The molecule has 0 unspecified atom stereocenters. The number of benzene rings is 1. The average Bonchev–Trinajstić information content (AvgIpc) is 2.88. The predicted molar refractivity (Wildman–Crippen MR) is 87.1 cm³/mol. The van der Waals surface area contributed by atoms with Crippen molar-refractivity contribution in [2.75, 3.05) is 6.61 Å². The maximum Gasteiger partial charge on any atom is 0.246 e. The van der Waals surface area contributed by atoms with Crippen molar-refractivity contribution >= 4 is 11.0 Å². The molecule has 21 heavy (non-hydrogen) atoms. The number of fused-ring (bicyclic) bond motifs is 1. The lowest BCUT2D eigenvalue weighted by atomic mass is 10.1. The first-order chi connectivity index (χ1) is 10.4. The highest BCUT2D eigenvalue weighted by Gasteiger charge is 2.13. The lowest BCUT2D eigenvalue weighted by Crippen LogP contribution is -2.33. The molecule has 116 valence electrons. The molecule has 2 aromatic rings. The van der Waals surface area contributed by atoms with Gasteiger partial charge in [-0.2, -0.15) is 0 Å². The van der Waals surface area contributed by atoms with Crippen LogP contribution in [-0.2, 0) is 18.0 Å². The van der Waals surface area contributed by atoms with Crippen LogP contribution in [0.2, 0.25) is 0 Å². The molecule has 1 aromatic heterocycles. The van der Waals surface area contributed by atoms with E-state index in [9.17, 15) is 0 Å². The van der Waals surface area contributed by atoms with Crippen LogP contribution in [0, 0.1) is 0 Å². The third-order valence-corrected chi connectivity index (χ3v) is 3.99. The Labute approximate surface area is 128 Å². The number of ether oxygens (including phenoxy) is 1. The van der Waals surface area contributed by atoms with E-state index in [1.54, 1.807) is 0 Å². The number of nitrogens with zero attached hydrogens (tertiary/aromatic N) is 2. The molecular weight excluding hydrogens is 260 g/mol. The first-order valence-corrected chi connectivity index (χ1v) is 8.41. The van der Waals surface area contributed by atoms with Crippen molar-refractivity contribution in [2.24, 2.45) is 0 Å². The van der Waals surface area contributed by atoms with Crippen molar-refractivity contribution in [1.29, 1.82) is 0 Å². The Hall–Kier alpha value is -1.35. The molecule has 0 spiro atoms. The average molecular weight is 289 g/mol. The normalized spacial score (nSPS) is 11.3. The van der Waals surface area contributed by atoms with Crippen LogP contribution in [0.4, 0.5) is 0 Å². The van der Waals surface area contributed by atoms with E-state index < -0.39 is 0 Å². The quantitative estimate of drug-likeness (QED) is 0.471. The maximum absolute atomic E-state index is 5.84. The molecule has 0 radical (unpaired) electrons. The van der Waals surface area contributed by atoms with Gasteiger partial charge in [-0.15, -0.1) is 0 Å². The van der Waals surface area contributed by atoms with Crippen molar-refractivity contribution in [1.82, 2.24) is 4.57 Å². The minimum absolute atomic E-state index is 0.655. The third kappa shape index (κ3) is 4.57. The van der Waals surface area contributed by atoms with Gasteiger partial charge in [0, 0.05) is 0 Å². The smallest absolute Gasteiger partial charge is 0.246 e. The zero-order valence-corrected chi connectivity index (χ0v) is 13.6. The molecule has 0 bridgehead atoms. The van der Waals surface area contributed by atoms with Crippen molar-refractivity contribution < 1.29 is 9.30 Å². The molecule has 0 saturated heterocycles. The summed E-state index contributed by atoms with van der Waals surface area (Å²) in [5.74, 6) is 0. The van der Waals surface area contributed by atoms with Crippen LogP contribution in [0.3, 0.4) is 0 Å². The van der Waals surface area contributed by atoms with E-state index in [1.807, 2.05) is 0 Å². The number of aryl methyl sites for hydroxylation is 1. The van der Waals surface area contributed by atoms with E-state index in [1.165, 1.54) is 49.6 Å². The Balaban J connectivity index is 1.76. The molecule has 3 nitrogen and oxygen atoms in total. The number of hydrogen-bond donors (Lipinski definition) is 0. The van der Waals surface area contributed by atoms with Gasteiger partial charge in [-0.25, -0.2) is 9.13 Å². The minimum Gasteiger partial charge on any atom is -0.342 e. The molecule has 0 fully saturated rings. The van der Waals surface area contributed by atoms with Gasteiger partial charge >= 0.3 is 0 Å². The van der Waals surface area contributed by atoms with Gasteiger partial charge in [0.2, 0.25) is 6.33 Å². The fourth-order valence-electron chi connectivity index (χ4n) is 2.74. The van der Waals surface area contributed by atoms with Crippen LogP contribution in [0.25, 0.3) is 11.0 Å². The summed E-state index contributed by atoms with van der Waals surface area (Å²) in [7, 11) is 0. The number of para-hydroxylation sites is 2. The Morgan fingerprint density at radius 3 is 2.57 bits per heavy atom. The molecule has 1 aromatic carbocycles. The molecule has 0 aliphatic heterocycles. The van der Waals surface area contributed by atoms with E-state index in [2.05, 4.69) is 53.6 Å². The third-order valence-electron chi connectivity index (χ3n) is 3.99. The molecular formula is C18H29N2O+. The summed E-state index contributed by atoms with van der Waals surface area (Å²) in [6.07, 6.45) is 10.0. The summed E-state index contributed by atoms with van der Waals surface area (Å²) in [5, 5.41) is 0. The van der Waals surface area contributed by atoms with Crippen molar-refractivity contribution in [2.45, 2.75) is 65.6 Å². The van der Waals surface area contributed by atoms with E-state index in [0.29, 0.717) is 6.73 Å². The molecule has 0 amide bonds. The van der Waals surface area contributed by atoms with Crippen LogP contribution in [0.5, 0.6) is 0 Å². The van der Waals surface area contributed by atoms with Crippen molar-refractivity contribution in [3.05, 3.63) is 30.6 Å². The van der Waals surface area contributed by atoms with Crippen LogP contribution in [0.15, 0.2) is 30.6 Å². The molecule has 0 atom stereocenters. The van der Waals surface area contributed by atoms with Gasteiger partial charge in [0.1, 0.15) is 0 Å². The van der Waals surface area contributed by atoms with Gasteiger partial charge in [0.25, 0.3) is 0 Å². The largest absolute Gasteiger partial charge is 0.342 e. The van der Waals surface area contributed by atoms with E-state index in [4.69, 9.17) is 4.74 Å². The van der Waals surface area contributed by atoms with Crippen molar-refractivity contribution in [3.63, 3.8) is 0 Å². The summed E-state index contributed by atoms with van der Waals surface area (Å²) in [6.45, 7) is 6.94. The summed E-state index contributed by atoms with van der Waals surface area (Å²) >= 11 is 0. The van der Waals surface area contributed by atoms with Gasteiger partial charge < -0.3 is 4.74 Å². The first kappa shape index (κ1) is 16.0. The maximum atomic E-state index is 5.84. The second-order valence-electron chi connectivity index (χ2n) is 5.67. The topological polar surface area (TPSA) is 18.0 Å². The van der Waals surface area contributed by atoms with Gasteiger partial charge in [-0.1, -0.05) is 51.2 Å². The highest BCUT2D eigenvalue weighted by Crippen LogP contribution is 2.10. The molecule has 0 saturated carbocycles.